The van der Waals surface area contributed by atoms with Gasteiger partial charge in [0.05, 0.1) is 33.4 Å². The van der Waals surface area contributed by atoms with Crippen LogP contribution in [0.15, 0.2) is 212 Å². The predicted octanol–water partition coefficient (Wildman–Crippen LogP) is 13.9. The lowest BCUT2D eigenvalue weighted by molar-refractivity contribution is 1.08. The SMILES string of the molecule is c1ccc(-c2cc(-c3ccccc3)nc(-n3c4ccccc4c4cc(-c5ccc6c(c5)c5ccccc5n6-c5ccccc5-c5ccccc5)ccc43)c2)cc1. The molecule has 0 unspecified atom stereocenters. The highest BCUT2D eigenvalue weighted by Crippen LogP contribution is 2.40. The molecule has 0 bridgehead atoms. The number of fused-ring (bicyclic) bond motifs is 6. The molecule has 0 saturated carbocycles. The molecule has 3 heteroatoms. The summed E-state index contributed by atoms with van der Waals surface area (Å²) >= 11 is 0. The molecule has 0 N–H and O–H groups in total. The Kier molecular flexibility index (Phi) is 7.49. The van der Waals surface area contributed by atoms with Gasteiger partial charge in [-0.15, -0.1) is 0 Å². The van der Waals surface area contributed by atoms with E-state index in [1.807, 2.05) is 0 Å². The van der Waals surface area contributed by atoms with Crippen LogP contribution in [0.3, 0.4) is 0 Å². The summed E-state index contributed by atoms with van der Waals surface area (Å²) in [5, 5.41) is 4.88. The molecular weight excluding hydrogens is 679 g/mol. The molecule has 3 heterocycles. The van der Waals surface area contributed by atoms with Crippen LogP contribution in [-0.2, 0) is 0 Å². The summed E-state index contributed by atoms with van der Waals surface area (Å²) in [6.07, 6.45) is 0. The molecule has 3 aromatic heterocycles. The number of hydrogen-bond donors (Lipinski definition) is 0. The highest BCUT2D eigenvalue weighted by atomic mass is 15.1. The van der Waals surface area contributed by atoms with Gasteiger partial charge in [-0.2, -0.15) is 0 Å². The van der Waals surface area contributed by atoms with Gasteiger partial charge in [0.2, 0.25) is 0 Å². The molecule has 11 aromatic rings. The molecule has 0 saturated heterocycles. The van der Waals surface area contributed by atoms with Gasteiger partial charge in [0.1, 0.15) is 5.82 Å². The molecule has 3 nitrogen and oxygen atoms in total. The Bertz CT molecular complexity index is 3170. The zero-order valence-corrected chi connectivity index (χ0v) is 30.5. The Morgan fingerprint density at radius 2 is 0.768 bits per heavy atom. The summed E-state index contributed by atoms with van der Waals surface area (Å²) in [6.45, 7) is 0. The van der Waals surface area contributed by atoms with E-state index in [0.717, 1.165) is 39.2 Å². The fourth-order valence-electron chi connectivity index (χ4n) is 8.53. The fraction of sp³-hybridized carbons (Fsp3) is 0. The van der Waals surface area contributed by atoms with Gasteiger partial charge in [0.25, 0.3) is 0 Å². The van der Waals surface area contributed by atoms with Crippen molar-refractivity contribution in [3.05, 3.63) is 212 Å². The Hall–Kier alpha value is -7.49. The van der Waals surface area contributed by atoms with Crippen LogP contribution in [0.1, 0.15) is 0 Å². The zero-order chi connectivity index (χ0) is 37.0. The second-order valence-corrected chi connectivity index (χ2v) is 14.4. The van der Waals surface area contributed by atoms with Crippen molar-refractivity contribution in [2.24, 2.45) is 0 Å². The van der Waals surface area contributed by atoms with E-state index in [-0.39, 0.29) is 0 Å². The molecule has 0 aliphatic heterocycles. The molecule has 0 atom stereocenters. The molecule has 8 aromatic carbocycles. The maximum Gasteiger partial charge on any atom is 0.138 e. The second-order valence-electron chi connectivity index (χ2n) is 14.4. The van der Waals surface area contributed by atoms with Gasteiger partial charge >= 0.3 is 0 Å². The third-order valence-electron chi connectivity index (χ3n) is 11.1. The molecule has 0 spiro atoms. The van der Waals surface area contributed by atoms with Crippen LogP contribution in [0.4, 0.5) is 0 Å². The molecule has 11 rings (SSSR count). The number of nitrogens with zero attached hydrogens (tertiary/aromatic N) is 3. The Morgan fingerprint density at radius 3 is 1.41 bits per heavy atom. The van der Waals surface area contributed by atoms with Crippen molar-refractivity contribution in [1.82, 2.24) is 14.1 Å². The van der Waals surface area contributed by atoms with Gasteiger partial charge in [0, 0.05) is 32.7 Å². The third-order valence-corrected chi connectivity index (χ3v) is 11.1. The van der Waals surface area contributed by atoms with Gasteiger partial charge in [0.15, 0.2) is 0 Å². The highest BCUT2D eigenvalue weighted by Gasteiger charge is 2.19. The normalized spacial score (nSPS) is 11.6. The predicted molar refractivity (Wildman–Crippen MR) is 235 cm³/mol. The van der Waals surface area contributed by atoms with Crippen LogP contribution in [0, 0.1) is 0 Å². The van der Waals surface area contributed by atoms with Crippen LogP contribution in [0.5, 0.6) is 0 Å². The molecule has 0 radical (unpaired) electrons. The number of benzene rings is 8. The molecule has 262 valence electrons. The Labute approximate surface area is 325 Å². The van der Waals surface area contributed by atoms with Gasteiger partial charge in [-0.1, -0.05) is 158 Å². The third kappa shape index (κ3) is 5.25. The second kappa shape index (κ2) is 13.1. The van der Waals surface area contributed by atoms with E-state index in [2.05, 4.69) is 221 Å². The van der Waals surface area contributed by atoms with E-state index in [0.29, 0.717) is 0 Å². The average molecular weight is 714 g/mol. The van der Waals surface area contributed by atoms with Gasteiger partial charge in [-0.25, -0.2) is 4.98 Å². The van der Waals surface area contributed by atoms with E-state index >= 15 is 0 Å². The molecule has 0 aliphatic rings. The molecular formula is C53H35N3. The van der Waals surface area contributed by atoms with Crippen molar-refractivity contribution in [3.63, 3.8) is 0 Å². The Balaban J connectivity index is 1.09. The summed E-state index contributed by atoms with van der Waals surface area (Å²) in [6, 6.07) is 76.2. The average Bonchev–Trinajstić information content (AvgIpc) is 3.79. The van der Waals surface area contributed by atoms with Crippen molar-refractivity contribution >= 4 is 43.6 Å². The van der Waals surface area contributed by atoms with Crippen molar-refractivity contribution in [2.45, 2.75) is 0 Å². The summed E-state index contributed by atoms with van der Waals surface area (Å²) in [5.41, 5.74) is 14.9. The van der Waals surface area contributed by atoms with E-state index in [1.54, 1.807) is 0 Å². The lowest BCUT2D eigenvalue weighted by Crippen LogP contribution is -2.00. The van der Waals surface area contributed by atoms with Gasteiger partial charge < -0.3 is 4.57 Å². The summed E-state index contributed by atoms with van der Waals surface area (Å²) in [4.78, 5) is 5.33. The first-order chi connectivity index (χ1) is 27.8. The van der Waals surface area contributed by atoms with Crippen molar-refractivity contribution in [2.75, 3.05) is 0 Å². The minimum Gasteiger partial charge on any atom is -0.309 e. The van der Waals surface area contributed by atoms with E-state index in [4.69, 9.17) is 4.98 Å². The summed E-state index contributed by atoms with van der Waals surface area (Å²) < 4.78 is 4.75. The number of pyridine rings is 1. The summed E-state index contributed by atoms with van der Waals surface area (Å²) in [7, 11) is 0. The Morgan fingerprint density at radius 1 is 0.286 bits per heavy atom. The molecule has 56 heavy (non-hydrogen) atoms. The van der Waals surface area contributed by atoms with Crippen LogP contribution in [0.2, 0.25) is 0 Å². The van der Waals surface area contributed by atoms with Crippen LogP contribution < -0.4 is 0 Å². The van der Waals surface area contributed by atoms with Gasteiger partial charge in [-0.3, -0.25) is 4.57 Å². The minimum absolute atomic E-state index is 0.897. The standard InChI is InChI=1S/C53H35N3/c1-4-16-36(17-5-1)41-34-47(38-20-8-3-9-21-38)54-53(35-41)56-50-27-15-12-24-44(50)46-33-40(29-31-52(46)56)39-28-30-51-45(32-39)43-23-11-14-26-49(43)55(51)48-25-13-10-22-42(48)37-18-6-2-7-19-37/h1-35H. The van der Waals surface area contributed by atoms with Crippen LogP contribution in [0.25, 0.3) is 99.8 Å². The summed E-state index contributed by atoms with van der Waals surface area (Å²) in [5.74, 6) is 0.897. The van der Waals surface area contributed by atoms with E-state index in [9.17, 15) is 0 Å². The first-order valence-electron chi connectivity index (χ1n) is 19.1. The van der Waals surface area contributed by atoms with E-state index in [1.165, 1.54) is 60.5 Å². The lowest BCUT2D eigenvalue weighted by atomic mass is 10.0. The smallest absolute Gasteiger partial charge is 0.138 e. The van der Waals surface area contributed by atoms with E-state index < -0.39 is 0 Å². The number of para-hydroxylation sites is 3. The first-order valence-corrected chi connectivity index (χ1v) is 19.1. The molecule has 0 aliphatic carbocycles. The lowest BCUT2D eigenvalue weighted by Gasteiger charge is -2.14. The minimum atomic E-state index is 0.897. The quantitative estimate of drug-likeness (QED) is 0.168. The monoisotopic (exact) mass is 713 g/mol. The van der Waals surface area contributed by atoms with Crippen molar-refractivity contribution in [1.29, 1.82) is 0 Å². The van der Waals surface area contributed by atoms with Gasteiger partial charge in [-0.05, 0) is 82.4 Å². The molecule has 0 amide bonds. The van der Waals surface area contributed by atoms with Crippen molar-refractivity contribution < 1.29 is 0 Å². The maximum atomic E-state index is 5.33. The van der Waals surface area contributed by atoms with Crippen molar-refractivity contribution in [3.8, 4) is 56.1 Å². The first kappa shape index (κ1) is 32.0. The largest absolute Gasteiger partial charge is 0.309 e. The fourth-order valence-corrected chi connectivity index (χ4v) is 8.53. The molecule has 0 fully saturated rings. The zero-order valence-electron chi connectivity index (χ0n) is 30.5. The van der Waals surface area contributed by atoms with Crippen LogP contribution in [-0.4, -0.2) is 14.1 Å². The highest BCUT2D eigenvalue weighted by molar-refractivity contribution is 6.13. The maximum absolute atomic E-state index is 5.33. The number of hydrogen-bond acceptors (Lipinski definition) is 1. The van der Waals surface area contributed by atoms with Crippen LogP contribution >= 0.6 is 0 Å². The number of aromatic nitrogens is 3. The number of rotatable bonds is 6. The topological polar surface area (TPSA) is 22.8 Å².